The fourth-order valence-corrected chi connectivity index (χ4v) is 3.36. The van der Waals surface area contributed by atoms with Crippen molar-refractivity contribution < 1.29 is 9.53 Å². The van der Waals surface area contributed by atoms with E-state index in [0.29, 0.717) is 6.54 Å². The zero-order valence-electron chi connectivity index (χ0n) is 14.4. The molecule has 5 nitrogen and oxygen atoms in total. The Hall–Kier alpha value is -2.14. The van der Waals surface area contributed by atoms with Crippen LogP contribution in [0.4, 0.5) is 0 Å². The molecule has 0 bridgehead atoms. The number of aromatic nitrogens is 1. The standard InChI is InChI=1S/C19H24N2O3/c1-14-6-7-15-11-16(12-20-8-4-3-5-9-20)19(23)21(17(15)10-14)13-18(22)24-2/h6-7,10-11H,3-5,8-9,12-13H2,1-2H3. The Balaban J connectivity index is 2.06. The van der Waals surface area contributed by atoms with Gasteiger partial charge in [0.25, 0.3) is 5.56 Å². The first-order valence-corrected chi connectivity index (χ1v) is 8.51. The number of hydrogen-bond acceptors (Lipinski definition) is 4. The Bertz CT molecular complexity index is 804. The molecule has 0 aliphatic carbocycles. The van der Waals surface area contributed by atoms with Crippen LogP contribution in [0.15, 0.2) is 29.1 Å². The molecule has 24 heavy (non-hydrogen) atoms. The van der Waals surface area contributed by atoms with Gasteiger partial charge in [0, 0.05) is 12.1 Å². The predicted molar refractivity (Wildman–Crippen MR) is 94.1 cm³/mol. The Morgan fingerprint density at radius 2 is 1.92 bits per heavy atom. The summed E-state index contributed by atoms with van der Waals surface area (Å²) in [5.74, 6) is -0.407. The first kappa shape index (κ1) is 16.7. The van der Waals surface area contributed by atoms with Crippen LogP contribution in [0.25, 0.3) is 10.9 Å². The number of ether oxygens (including phenoxy) is 1. The number of rotatable bonds is 4. The molecule has 0 amide bonds. The topological polar surface area (TPSA) is 51.5 Å². The zero-order chi connectivity index (χ0) is 17.1. The molecule has 1 aromatic carbocycles. The number of hydrogen-bond donors (Lipinski definition) is 0. The maximum atomic E-state index is 12.9. The van der Waals surface area contributed by atoms with Gasteiger partial charge in [0.05, 0.1) is 12.6 Å². The Morgan fingerprint density at radius 3 is 2.62 bits per heavy atom. The van der Waals surface area contributed by atoms with Crippen molar-refractivity contribution in [2.75, 3.05) is 20.2 Å². The summed E-state index contributed by atoms with van der Waals surface area (Å²) in [4.78, 5) is 27.0. The second kappa shape index (κ2) is 7.18. The van der Waals surface area contributed by atoms with E-state index in [1.165, 1.54) is 26.4 Å². The van der Waals surface area contributed by atoms with Crippen LogP contribution in [0.1, 0.15) is 30.4 Å². The second-order valence-electron chi connectivity index (χ2n) is 6.54. The lowest BCUT2D eigenvalue weighted by molar-refractivity contribution is -0.141. The normalized spacial score (nSPS) is 15.6. The van der Waals surface area contributed by atoms with E-state index in [-0.39, 0.29) is 12.1 Å². The van der Waals surface area contributed by atoms with Crippen molar-refractivity contribution >= 4 is 16.9 Å². The number of esters is 1. The van der Waals surface area contributed by atoms with E-state index in [1.807, 2.05) is 31.2 Å². The van der Waals surface area contributed by atoms with E-state index in [4.69, 9.17) is 4.74 Å². The molecule has 128 valence electrons. The van der Waals surface area contributed by atoms with E-state index >= 15 is 0 Å². The Labute approximate surface area is 141 Å². The third-order valence-corrected chi connectivity index (χ3v) is 4.68. The van der Waals surface area contributed by atoms with Crippen molar-refractivity contribution in [3.63, 3.8) is 0 Å². The van der Waals surface area contributed by atoms with Crippen molar-refractivity contribution in [1.82, 2.24) is 9.47 Å². The molecule has 1 aliphatic rings. The van der Waals surface area contributed by atoms with Crippen molar-refractivity contribution in [1.29, 1.82) is 0 Å². The van der Waals surface area contributed by atoms with Gasteiger partial charge in [0.1, 0.15) is 6.54 Å². The average molecular weight is 328 g/mol. The Kier molecular flexibility index (Phi) is 5.00. The van der Waals surface area contributed by atoms with Crippen LogP contribution in [0.5, 0.6) is 0 Å². The highest BCUT2D eigenvalue weighted by Gasteiger charge is 2.16. The van der Waals surface area contributed by atoms with Gasteiger partial charge in [-0.25, -0.2) is 0 Å². The van der Waals surface area contributed by atoms with Crippen LogP contribution in [0.2, 0.25) is 0 Å². The Morgan fingerprint density at radius 1 is 1.17 bits per heavy atom. The van der Waals surface area contributed by atoms with Crippen LogP contribution in [-0.4, -0.2) is 35.6 Å². The van der Waals surface area contributed by atoms with Gasteiger partial charge in [-0.1, -0.05) is 18.6 Å². The SMILES string of the molecule is COC(=O)Cn1c(=O)c(CN2CCCCC2)cc2ccc(C)cc21. The molecule has 2 heterocycles. The molecule has 0 radical (unpaired) electrons. The van der Waals surface area contributed by atoms with Gasteiger partial charge in [-0.05, 0) is 55.9 Å². The van der Waals surface area contributed by atoms with Crippen molar-refractivity contribution in [2.24, 2.45) is 0 Å². The molecule has 0 spiro atoms. The molecular formula is C19H24N2O3. The lowest BCUT2D eigenvalue weighted by atomic mass is 10.1. The largest absolute Gasteiger partial charge is 0.468 e. The van der Waals surface area contributed by atoms with Gasteiger partial charge < -0.3 is 4.74 Å². The third-order valence-electron chi connectivity index (χ3n) is 4.68. The molecular weight excluding hydrogens is 304 g/mol. The van der Waals surface area contributed by atoms with Gasteiger partial charge in [-0.3, -0.25) is 19.1 Å². The van der Waals surface area contributed by atoms with Crippen LogP contribution in [0, 0.1) is 6.92 Å². The van der Waals surface area contributed by atoms with E-state index in [2.05, 4.69) is 4.90 Å². The van der Waals surface area contributed by atoms with Crippen LogP contribution in [-0.2, 0) is 22.6 Å². The number of pyridine rings is 1. The summed E-state index contributed by atoms with van der Waals surface area (Å²) < 4.78 is 6.32. The minimum Gasteiger partial charge on any atom is -0.468 e. The molecule has 0 unspecified atom stereocenters. The van der Waals surface area contributed by atoms with Gasteiger partial charge in [-0.2, -0.15) is 0 Å². The first-order valence-electron chi connectivity index (χ1n) is 8.51. The number of likely N-dealkylation sites (tertiary alicyclic amines) is 1. The average Bonchev–Trinajstić information content (AvgIpc) is 2.59. The number of methoxy groups -OCH3 is 1. The number of nitrogens with zero attached hydrogens (tertiary/aromatic N) is 2. The summed E-state index contributed by atoms with van der Waals surface area (Å²) in [6, 6.07) is 7.96. The fraction of sp³-hybridized carbons (Fsp3) is 0.474. The highest BCUT2D eigenvalue weighted by atomic mass is 16.5. The zero-order valence-corrected chi connectivity index (χ0v) is 14.4. The summed E-state index contributed by atoms with van der Waals surface area (Å²) in [6.45, 7) is 4.63. The first-order chi connectivity index (χ1) is 11.6. The number of benzene rings is 1. The number of carbonyl (C=O) groups excluding carboxylic acids is 1. The highest BCUT2D eigenvalue weighted by molar-refractivity contribution is 5.82. The van der Waals surface area contributed by atoms with Crippen molar-refractivity contribution in [3.8, 4) is 0 Å². The van der Waals surface area contributed by atoms with Gasteiger partial charge >= 0.3 is 5.97 Å². The van der Waals surface area contributed by atoms with Crippen molar-refractivity contribution in [2.45, 2.75) is 39.3 Å². The number of carbonyl (C=O) groups is 1. The highest BCUT2D eigenvalue weighted by Crippen LogP contribution is 2.18. The summed E-state index contributed by atoms with van der Waals surface area (Å²) in [7, 11) is 1.35. The number of aryl methyl sites for hydroxylation is 1. The van der Waals surface area contributed by atoms with Crippen LogP contribution >= 0.6 is 0 Å². The summed E-state index contributed by atoms with van der Waals surface area (Å²) >= 11 is 0. The molecule has 0 saturated carbocycles. The van der Waals surface area contributed by atoms with Crippen LogP contribution < -0.4 is 5.56 Å². The van der Waals surface area contributed by atoms with Gasteiger partial charge in [-0.15, -0.1) is 0 Å². The van der Waals surface area contributed by atoms with E-state index < -0.39 is 5.97 Å². The lowest BCUT2D eigenvalue weighted by Gasteiger charge is -2.26. The smallest absolute Gasteiger partial charge is 0.325 e. The number of piperidine rings is 1. The van der Waals surface area contributed by atoms with Gasteiger partial charge in [0.2, 0.25) is 0 Å². The molecule has 2 aromatic rings. The van der Waals surface area contributed by atoms with Crippen molar-refractivity contribution in [3.05, 3.63) is 45.7 Å². The molecule has 5 heteroatoms. The van der Waals surface area contributed by atoms with E-state index in [9.17, 15) is 9.59 Å². The summed E-state index contributed by atoms with van der Waals surface area (Å²) in [5.41, 5.74) is 2.50. The second-order valence-corrected chi connectivity index (χ2v) is 6.54. The lowest BCUT2D eigenvalue weighted by Crippen LogP contribution is -2.34. The van der Waals surface area contributed by atoms with E-state index in [1.54, 1.807) is 4.57 Å². The molecule has 1 aromatic heterocycles. The third kappa shape index (κ3) is 3.51. The minimum absolute atomic E-state index is 0.0525. The quantitative estimate of drug-likeness (QED) is 0.809. The van der Waals surface area contributed by atoms with E-state index in [0.717, 1.165) is 35.1 Å². The molecule has 1 saturated heterocycles. The fourth-order valence-electron chi connectivity index (χ4n) is 3.36. The molecule has 0 atom stereocenters. The maximum absolute atomic E-state index is 12.9. The predicted octanol–water partition coefficient (Wildman–Crippen LogP) is 2.47. The maximum Gasteiger partial charge on any atom is 0.325 e. The summed E-state index contributed by atoms with van der Waals surface area (Å²) in [5, 5.41) is 0.983. The molecule has 1 fully saturated rings. The number of fused-ring (bicyclic) bond motifs is 1. The summed E-state index contributed by atoms with van der Waals surface area (Å²) in [6.07, 6.45) is 3.63. The molecule has 3 rings (SSSR count). The molecule has 1 aliphatic heterocycles. The van der Waals surface area contributed by atoms with Crippen LogP contribution in [0.3, 0.4) is 0 Å². The molecule has 0 N–H and O–H groups in total. The van der Waals surface area contributed by atoms with Gasteiger partial charge in [0.15, 0.2) is 0 Å². The monoisotopic (exact) mass is 328 g/mol. The minimum atomic E-state index is -0.407.